The van der Waals surface area contributed by atoms with Crippen LogP contribution in [0.15, 0.2) is 53.5 Å². The van der Waals surface area contributed by atoms with Gasteiger partial charge in [-0.2, -0.15) is 13.4 Å². The number of H-pyrrole nitrogens is 3. The van der Waals surface area contributed by atoms with E-state index in [9.17, 15) is 85.8 Å². The average molecular weight is 1740 g/mol. The molecule has 1 aromatic carbocycles. The molecule has 42 heteroatoms. The first-order valence-electron chi connectivity index (χ1n) is 39.3. The zero-order chi connectivity index (χ0) is 88.5. The van der Waals surface area contributed by atoms with E-state index in [-0.39, 0.29) is 152 Å². The Morgan fingerprint density at radius 3 is 2.02 bits per heavy atom. The van der Waals surface area contributed by atoms with Crippen LogP contribution in [-0.4, -0.2) is 209 Å². The number of carbonyl (C=O) groups excluding carboxylic acids is 11. The minimum atomic E-state index is -4.53. The zero-order valence-electron chi connectivity index (χ0n) is 68.1. The summed E-state index contributed by atoms with van der Waals surface area (Å²) in [5.74, 6) is -7.93. The predicted octanol–water partition coefficient (Wildman–Crippen LogP) is 4.84. The number of anilines is 2. The molecule has 5 aromatic heterocycles. The summed E-state index contributed by atoms with van der Waals surface area (Å²) in [7, 11) is -1.25. The van der Waals surface area contributed by atoms with Crippen LogP contribution in [0.2, 0.25) is 0 Å². The second kappa shape index (κ2) is 44.5. The van der Waals surface area contributed by atoms with E-state index >= 15 is 0 Å². The van der Waals surface area contributed by atoms with Crippen LogP contribution in [0.4, 0.5) is 11.6 Å². The van der Waals surface area contributed by atoms with Crippen LogP contribution < -0.4 is 59.8 Å². The van der Waals surface area contributed by atoms with Gasteiger partial charge in [-0.25, -0.2) is 25.4 Å². The number of Topliss-reactive ketones (excluding diaryl/α,β-unsaturated/α-hetero) is 2. The third-order valence-corrected chi connectivity index (χ3v) is 23.7. The third kappa shape index (κ3) is 26.9. The van der Waals surface area contributed by atoms with Gasteiger partial charge in [-0.1, -0.05) is 49.3 Å². The van der Waals surface area contributed by atoms with Gasteiger partial charge >= 0.3 is 23.9 Å². The number of hydrogen-bond donors (Lipinski definition) is 16. The summed E-state index contributed by atoms with van der Waals surface area (Å²) in [6.45, 7) is 12.5. The number of nitrogens with one attached hydrogen (secondary N) is 11. The fourth-order valence-corrected chi connectivity index (χ4v) is 16.4. The van der Waals surface area contributed by atoms with Crippen LogP contribution in [-0.2, 0) is 80.5 Å². The summed E-state index contributed by atoms with van der Waals surface area (Å²) in [4.78, 5) is 216. The van der Waals surface area contributed by atoms with Gasteiger partial charge in [0, 0.05) is 144 Å². The number of ether oxygens (including phenoxy) is 2. The molecule has 121 heavy (non-hydrogen) atoms. The van der Waals surface area contributed by atoms with Crippen molar-refractivity contribution in [2.75, 3.05) is 61.7 Å². The minimum Gasteiger partial charge on any atom is -0.480 e. The molecule has 8 atom stereocenters. The van der Waals surface area contributed by atoms with Crippen LogP contribution in [0.1, 0.15) is 218 Å². The lowest BCUT2D eigenvalue weighted by Gasteiger charge is -2.20. The van der Waals surface area contributed by atoms with E-state index in [1.807, 2.05) is 32.0 Å². The first kappa shape index (κ1) is 94.7. The Bertz CT molecular complexity index is 5250. The van der Waals surface area contributed by atoms with Crippen LogP contribution in [0.3, 0.4) is 0 Å². The van der Waals surface area contributed by atoms with E-state index in [1.54, 1.807) is 13.8 Å². The highest BCUT2D eigenvalue weighted by Gasteiger charge is 2.36. The van der Waals surface area contributed by atoms with Crippen molar-refractivity contribution in [1.82, 2.24) is 77.2 Å². The van der Waals surface area contributed by atoms with Crippen molar-refractivity contribution in [3.05, 3.63) is 121 Å². The second-order valence-electron chi connectivity index (χ2n) is 29.3. The molecule has 0 spiro atoms. The Labute approximate surface area is 702 Å². The molecular formula is C79H102N18O21S3. The maximum Gasteiger partial charge on any atom is 0.327 e. The Kier molecular flexibility index (Phi) is 34.8. The molecule has 18 N–H and O–H groups in total. The monoisotopic (exact) mass is 1730 g/mol. The van der Waals surface area contributed by atoms with Crippen LogP contribution >= 0.6 is 21.6 Å². The minimum absolute atomic E-state index is 0.00634. The molecule has 8 rings (SSSR count). The number of esters is 2. The van der Waals surface area contributed by atoms with Crippen molar-refractivity contribution < 1.29 is 95.0 Å². The lowest BCUT2D eigenvalue weighted by Crippen LogP contribution is -2.47. The van der Waals surface area contributed by atoms with Gasteiger partial charge < -0.3 is 72.6 Å². The molecule has 0 saturated carbocycles. The second-order valence-corrected chi connectivity index (χ2v) is 33.5. The summed E-state index contributed by atoms with van der Waals surface area (Å²) in [6, 6.07) is 7.16. The molecule has 6 aromatic rings. The number of hydrazine groups is 1. The average Bonchev–Trinajstić information content (AvgIpc) is 1.60. The Morgan fingerprint density at radius 1 is 0.669 bits per heavy atom. The van der Waals surface area contributed by atoms with Crippen molar-refractivity contribution in [3.8, 4) is 0 Å². The summed E-state index contributed by atoms with van der Waals surface area (Å²) in [6.07, 6.45) is 0.354. The van der Waals surface area contributed by atoms with E-state index in [0.717, 1.165) is 39.4 Å². The molecule has 2 aliphatic heterocycles. The van der Waals surface area contributed by atoms with Crippen molar-refractivity contribution in [2.45, 2.75) is 187 Å². The van der Waals surface area contributed by atoms with E-state index in [2.05, 4.69) is 86.4 Å². The highest BCUT2D eigenvalue weighted by atomic mass is 33.1. The maximum atomic E-state index is 13.9. The zero-order valence-corrected chi connectivity index (χ0v) is 70.5. The number of amides is 7. The molecule has 7 amide bonds. The number of nitrogens with zero attached hydrogens (tertiary/aromatic N) is 5. The summed E-state index contributed by atoms with van der Waals surface area (Å²) in [5.41, 5.74) is 14.9. The van der Waals surface area contributed by atoms with E-state index in [4.69, 9.17) is 35.6 Å². The molecule has 2 aliphatic rings. The van der Waals surface area contributed by atoms with Crippen molar-refractivity contribution in [3.63, 3.8) is 0 Å². The van der Waals surface area contributed by atoms with Crippen molar-refractivity contribution in [1.29, 1.82) is 0 Å². The molecular weight excluding hydrogens is 1630 g/mol. The van der Waals surface area contributed by atoms with Crippen molar-refractivity contribution >= 4 is 153 Å². The fraction of sp³-hybridized carbons (Fsp3) is 0.481. The maximum absolute atomic E-state index is 13.9. The number of methoxy groups -OCH3 is 1. The van der Waals surface area contributed by atoms with Gasteiger partial charge in [0.25, 0.3) is 27.5 Å². The van der Waals surface area contributed by atoms with Gasteiger partial charge in [-0.15, -0.1) is 0 Å². The number of aromatic amines is 3. The molecule has 0 saturated heterocycles. The number of aliphatic carboxylic acids is 2. The van der Waals surface area contributed by atoms with E-state index in [0.29, 0.717) is 68.0 Å². The molecule has 0 unspecified atom stereocenters. The van der Waals surface area contributed by atoms with Gasteiger partial charge in [0.15, 0.2) is 16.9 Å². The number of aromatic nitrogens is 8. The first-order valence-corrected chi connectivity index (χ1v) is 43.4. The molecule has 0 aliphatic carbocycles. The number of hydrogen-bond acceptors (Lipinski definition) is 28. The molecule has 8 bridgehead atoms. The smallest absolute Gasteiger partial charge is 0.327 e. The molecule has 652 valence electrons. The van der Waals surface area contributed by atoms with Gasteiger partial charge in [-0.3, -0.25) is 82.5 Å². The number of fused-ring (bicyclic) bond motifs is 9. The highest BCUT2D eigenvalue weighted by molar-refractivity contribution is 8.76. The standard InChI is InChI=1S/C79H102N18O21S3/c1-9-13-62(101)90-52(14-11-24-82-61(100)23-21-50-40(4)55-33-56-41(5)66(43(7)98)59(89-56)35-54-39(3)49(10-2)58(88-54)34-57-42(6)67(75(108)97-81)69(92-57)51(68(50)91-55)32-65(104)117-8)74(107)84-25-12-15-64(103)118-27-28-119-120-38-60(78(112)113)94-73(106)45(31-63(102)83-26-29-121(114,115)116)30-48(99)20-22-53(77(110)111)93-72(105)44-16-18-46(19-17-44)85-36-47-37-86-71-70(87-47)76(109)96-79(80)95-71/h16-19,33-35,37,39-40,45,49-50,52-53,60,85,89,92H,9-15,20-32,36,38,81H2,1-8H3,(H,82,100)(H,83,102)(H,84,107)(H,90,101)(H,93,105)(H,94,106)(H,97,108)(H,110,111)(H,112,113)(H,114,115,116)(H3,80,86,95,96,109)/t39-,40+,45+,49-,50+,52+,53+,60+/m1/s1. The van der Waals surface area contributed by atoms with Crippen LogP contribution in [0, 0.1) is 19.8 Å². The quantitative estimate of drug-likeness (QED) is 0.00355. The lowest BCUT2D eigenvalue weighted by molar-refractivity contribution is -0.143. The van der Waals surface area contributed by atoms with E-state index < -0.39 is 149 Å². The number of carbonyl (C=O) groups is 13. The normalized spacial score (nSPS) is 15.3. The van der Waals surface area contributed by atoms with Gasteiger partial charge in [0.2, 0.25) is 35.5 Å². The Morgan fingerprint density at radius 2 is 1.34 bits per heavy atom. The largest absolute Gasteiger partial charge is 0.480 e. The van der Waals surface area contributed by atoms with Crippen LogP contribution in [0.25, 0.3) is 33.2 Å². The number of rotatable bonds is 45. The number of nitrogens with two attached hydrogens (primary N) is 2. The summed E-state index contributed by atoms with van der Waals surface area (Å²) in [5, 5.41) is 38.4. The molecule has 0 radical (unpaired) electrons. The number of carboxylic acid groups (broad SMARTS) is 2. The van der Waals surface area contributed by atoms with Crippen molar-refractivity contribution in [2.24, 2.45) is 11.8 Å². The summed E-state index contributed by atoms with van der Waals surface area (Å²) < 4.78 is 42.3. The SMILES string of the molecule is CCCC(=O)N[C@@H](CCCNC(=O)CC[C@@H]1c2nc(cc3[nH]c(cc4nc(cc5[nH]c(c2CC(=O)OC)c(C(=O)NN)c5C)[C@H](CC)[C@H]4C)c(C(C)=O)c3C)[C@H]1C)C(=O)NCCCC(=O)OCCSSC[C@H](NC(=O)[C@@H](CC(=O)CC[C@H](NC(=O)c1ccc(NCc2cnc3nc(N)[nH]c(=O)c3n2)cc1)C(=O)O)CC(=O)NCCS(=O)(=O)O)C(=O)O. The third-order valence-electron chi connectivity index (χ3n) is 20.6. The predicted molar refractivity (Wildman–Crippen MR) is 448 cm³/mol. The van der Waals surface area contributed by atoms with Crippen LogP contribution in [0.5, 0.6) is 0 Å². The molecule has 39 nitrogen and oxygen atoms in total. The highest BCUT2D eigenvalue weighted by Crippen LogP contribution is 2.44. The molecule has 0 fully saturated rings. The fourth-order valence-electron chi connectivity index (χ4n) is 14.1. The Balaban J connectivity index is 0.802. The van der Waals surface area contributed by atoms with Gasteiger partial charge in [0.1, 0.15) is 30.5 Å². The number of aryl methyl sites for hydroxylation is 2. The number of nitrogen functional groups attached to an aromatic ring is 2. The lowest BCUT2D eigenvalue weighted by atomic mass is 9.85. The van der Waals surface area contributed by atoms with E-state index in [1.165, 1.54) is 44.5 Å². The molecule has 7 heterocycles. The number of ketones is 2. The van der Waals surface area contributed by atoms with Gasteiger partial charge in [0.05, 0.1) is 65.9 Å². The van der Waals surface area contributed by atoms with Gasteiger partial charge in [-0.05, 0) is 119 Å². The first-order chi connectivity index (χ1) is 57.5. The Hall–Kier alpha value is -11.8. The number of carboxylic acids is 2. The number of benzene rings is 1. The topological polar surface area (TPSA) is 612 Å². The summed E-state index contributed by atoms with van der Waals surface area (Å²) >= 11 is 0.